The van der Waals surface area contributed by atoms with Gasteiger partial charge in [0.2, 0.25) is 0 Å². The summed E-state index contributed by atoms with van der Waals surface area (Å²) in [7, 11) is 0. The SMILES string of the molecule is C=N/C(=C\C(C)=C/C)C(NC(=O)c1ccc(C#N)c(C)c1)c1ccc(Cl)cc1. The first-order chi connectivity index (χ1) is 13.4. The number of allylic oxidation sites excluding steroid dienone is 3. The molecular formula is C23H22ClN3O. The van der Waals surface area contributed by atoms with E-state index in [1.54, 1.807) is 37.3 Å². The molecule has 1 amide bonds. The fourth-order valence-electron chi connectivity index (χ4n) is 2.66. The maximum atomic E-state index is 12.9. The van der Waals surface area contributed by atoms with Crippen molar-refractivity contribution in [3.05, 3.63) is 93.2 Å². The van der Waals surface area contributed by atoms with E-state index in [4.69, 9.17) is 16.9 Å². The van der Waals surface area contributed by atoms with Gasteiger partial charge in [-0.15, -0.1) is 0 Å². The van der Waals surface area contributed by atoms with Crippen molar-refractivity contribution in [3.63, 3.8) is 0 Å². The smallest absolute Gasteiger partial charge is 0.252 e. The predicted octanol–water partition coefficient (Wildman–Crippen LogP) is 5.54. The zero-order valence-electron chi connectivity index (χ0n) is 16.2. The van der Waals surface area contributed by atoms with Crippen LogP contribution in [0.25, 0.3) is 0 Å². The number of carbonyl (C=O) groups is 1. The third-order valence-corrected chi connectivity index (χ3v) is 4.65. The van der Waals surface area contributed by atoms with Crippen LogP contribution >= 0.6 is 11.6 Å². The lowest BCUT2D eigenvalue weighted by atomic mass is 10.0. The Balaban J connectivity index is 2.44. The maximum Gasteiger partial charge on any atom is 0.252 e. The Labute approximate surface area is 170 Å². The summed E-state index contributed by atoms with van der Waals surface area (Å²) in [5.41, 5.74) is 4.23. The molecule has 0 saturated heterocycles. The molecule has 0 aromatic heterocycles. The van der Waals surface area contributed by atoms with Crippen molar-refractivity contribution in [1.82, 2.24) is 5.32 Å². The number of hydrogen-bond acceptors (Lipinski definition) is 3. The zero-order chi connectivity index (χ0) is 20.7. The Morgan fingerprint density at radius 2 is 1.96 bits per heavy atom. The second-order valence-electron chi connectivity index (χ2n) is 6.36. The number of halogens is 1. The van der Waals surface area contributed by atoms with Gasteiger partial charge < -0.3 is 5.32 Å². The van der Waals surface area contributed by atoms with Gasteiger partial charge in [-0.1, -0.05) is 35.4 Å². The van der Waals surface area contributed by atoms with Gasteiger partial charge in [0, 0.05) is 10.6 Å². The van der Waals surface area contributed by atoms with Crippen molar-refractivity contribution in [3.8, 4) is 6.07 Å². The Morgan fingerprint density at radius 1 is 1.29 bits per heavy atom. The van der Waals surface area contributed by atoms with Crippen molar-refractivity contribution < 1.29 is 4.79 Å². The molecule has 0 aliphatic carbocycles. The van der Waals surface area contributed by atoms with Gasteiger partial charge in [-0.25, -0.2) is 0 Å². The summed E-state index contributed by atoms with van der Waals surface area (Å²) in [6.45, 7) is 9.36. The molecule has 1 atom stereocenters. The Kier molecular flexibility index (Phi) is 7.31. The van der Waals surface area contributed by atoms with Gasteiger partial charge in [-0.3, -0.25) is 9.79 Å². The number of benzene rings is 2. The standard InChI is InChI=1S/C23H22ClN3O/c1-5-15(2)12-21(26-4)22(17-8-10-20(24)11-9-17)27-23(28)18-6-7-19(14-25)16(3)13-18/h5-13,22H,4H2,1-3H3,(H,27,28)/b15-5-,21-12-. The van der Waals surface area contributed by atoms with E-state index in [1.807, 2.05) is 38.1 Å². The van der Waals surface area contributed by atoms with Crippen LogP contribution in [0.4, 0.5) is 0 Å². The first-order valence-electron chi connectivity index (χ1n) is 8.78. The van der Waals surface area contributed by atoms with Crippen molar-refractivity contribution in [2.24, 2.45) is 4.99 Å². The quantitative estimate of drug-likeness (QED) is 0.518. The van der Waals surface area contributed by atoms with E-state index in [1.165, 1.54) is 0 Å². The number of nitrogens with zero attached hydrogens (tertiary/aromatic N) is 2. The Morgan fingerprint density at radius 3 is 2.50 bits per heavy atom. The lowest BCUT2D eigenvalue weighted by Crippen LogP contribution is -2.29. The van der Waals surface area contributed by atoms with Crippen LogP contribution in [0.2, 0.25) is 5.02 Å². The number of aliphatic imine (C=N–C) groups is 1. The molecule has 0 bridgehead atoms. The predicted molar refractivity (Wildman–Crippen MR) is 115 cm³/mol. The number of hydrogen-bond donors (Lipinski definition) is 1. The minimum atomic E-state index is -0.492. The number of aryl methyl sites for hydroxylation is 1. The lowest BCUT2D eigenvalue weighted by Gasteiger charge is -2.20. The van der Waals surface area contributed by atoms with E-state index < -0.39 is 6.04 Å². The molecule has 142 valence electrons. The van der Waals surface area contributed by atoms with E-state index >= 15 is 0 Å². The van der Waals surface area contributed by atoms with Crippen LogP contribution in [-0.4, -0.2) is 12.6 Å². The summed E-state index contributed by atoms with van der Waals surface area (Å²) in [6, 6.07) is 13.8. The number of carbonyl (C=O) groups excluding carboxylic acids is 1. The average molecular weight is 392 g/mol. The highest BCUT2D eigenvalue weighted by molar-refractivity contribution is 6.30. The van der Waals surface area contributed by atoms with E-state index in [0.717, 1.165) is 16.7 Å². The minimum Gasteiger partial charge on any atom is -0.340 e. The maximum absolute atomic E-state index is 12.9. The summed E-state index contributed by atoms with van der Waals surface area (Å²) in [4.78, 5) is 17.0. The summed E-state index contributed by atoms with van der Waals surface area (Å²) in [5, 5.41) is 12.7. The molecule has 2 aromatic carbocycles. The highest BCUT2D eigenvalue weighted by atomic mass is 35.5. The fraction of sp³-hybridized carbons (Fsp3) is 0.174. The van der Waals surface area contributed by atoms with E-state index in [9.17, 15) is 4.79 Å². The molecule has 5 heteroatoms. The van der Waals surface area contributed by atoms with Gasteiger partial charge in [0.15, 0.2) is 0 Å². The number of rotatable bonds is 6. The van der Waals surface area contributed by atoms with Crippen LogP contribution in [0.5, 0.6) is 0 Å². The lowest BCUT2D eigenvalue weighted by molar-refractivity contribution is 0.0942. The fourth-order valence-corrected chi connectivity index (χ4v) is 2.79. The zero-order valence-corrected chi connectivity index (χ0v) is 16.9. The Hall–Kier alpha value is -3.16. The van der Waals surface area contributed by atoms with Crippen molar-refractivity contribution in [1.29, 1.82) is 5.26 Å². The molecule has 1 unspecified atom stereocenters. The molecule has 1 N–H and O–H groups in total. The normalized spacial score (nSPS) is 12.8. The van der Waals surface area contributed by atoms with Crippen molar-refractivity contribution >= 4 is 24.2 Å². The summed E-state index contributed by atoms with van der Waals surface area (Å²) in [5.74, 6) is -0.264. The second-order valence-corrected chi connectivity index (χ2v) is 6.80. The molecular weight excluding hydrogens is 370 g/mol. The van der Waals surface area contributed by atoms with Crippen LogP contribution in [0, 0.1) is 18.3 Å². The van der Waals surface area contributed by atoms with Gasteiger partial charge in [0.1, 0.15) is 0 Å². The largest absolute Gasteiger partial charge is 0.340 e. The molecule has 0 heterocycles. The molecule has 2 aromatic rings. The molecule has 0 radical (unpaired) electrons. The van der Waals surface area contributed by atoms with Crippen LogP contribution in [0.15, 0.2) is 70.9 Å². The monoisotopic (exact) mass is 391 g/mol. The molecule has 2 rings (SSSR count). The van der Waals surface area contributed by atoms with Crippen molar-refractivity contribution in [2.45, 2.75) is 26.8 Å². The van der Waals surface area contributed by atoms with E-state index in [0.29, 0.717) is 21.8 Å². The van der Waals surface area contributed by atoms with Gasteiger partial charge in [0.05, 0.1) is 23.4 Å². The van der Waals surface area contributed by atoms with Crippen LogP contribution < -0.4 is 5.32 Å². The number of nitriles is 1. The number of amides is 1. The molecule has 0 aliphatic heterocycles. The van der Waals surface area contributed by atoms with E-state index in [2.05, 4.69) is 23.1 Å². The highest BCUT2D eigenvalue weighted by Gasteiger charge is 2.20. The average Bonchev–Trinajstić information content (AvgIpc) is 2.70. The highest BCUT2D eigenvalue weighted by Crippen LogP contribution is 2.26. The molecule has 0 spiro atoms. The van der Waals surface area contributed by atoms with Gasteiger partial charge in [-0.2, -0.15) is 5.26 Å². The minimum absolute atomic E-state index is 0.264. The first-order valence-corrected chi connectivity index (χ1v) is 9.15. The summed E-state index contributed by atoms with van der Waals surface area (Å²) in [6.07, 6.45) is 3.84. The van der Waals surface area contributed by atoms with Gasteiger partial charge in [-0.05, 0) is 75.0 Å². The third kappa shape index (κ3) is 5.18. The molecule has 4 nitrogen and oxygen atoms in total. The summed E-state index contributed by atoms with van der Waals surface area (Å²) >= 11 is 6.01. The van der Waals surface area contributed by atoms with Gasteiger partial charge >= 0.3 is 0 Å². The van der Waals surface area contributed by atoms with E-state index in [-0.39, 0.29) is 5.91 Å². The molecule has 28 heavy (non-hydrogen) atoms. The topological polar surface area (TPSA) is 65.2 Å². The number of nitrogens with one attached hydrogen (secondary N) is 1. The van der Waals surface area contributed by atoms with Crippen molar-refractivity contribution in [2.75, 3.05) is 0 Å². The van der Waals surface area contributed by atoms with Crippen LogP contribution in [-0.2, 0) is 0 Å². The first kappa shape index (κ1) is 21.1. The molecule has 0 aliphatic rings. The Bertz CT molecular complexity index is 982. The third-order valence-electron chi connectivity index (χ3n) is 4.40. The summed E-state index contributed by atoms with van der Waals surface area (Å²) < 4.78 is 0. The van der Waals surface area contributed by atoms with Crippen LogP contribution in [0.3, 0.4) is 0 Å². The van der Waals surface area contributed by atoms with Crippen LogP contribution in [0.1, 0.15) is 46.9 Å². The molecule has 0 saturated carbocycles. The van der Waals surface area contributed by atoms with Gasteiger partial charge in [0.25, 0.3) is 5.91 Å². The second kappa shape index (κ2) is 9.68. The molecule has 0 fully saturated rings.